The first-order valence-electron chi connectivity index (χ1n) is 11.8. The van der Waals surface area contributed by atoms with Crippen LogP contribution in [-0.2, 0) is 32.9 Å². The summed E-state index contributed by atoms with van der Waals surface area (Å²) in [6.45, 7) is 19.7. The Morgan fingerprint density at radius 2 is 1.71 bits per heavy atom. The summed E-state index contributed by atoms with van der Waals surface area (Å²) in [5.74, 6) is -1.29. The lowest BCUT2D eigenvalue weighted by Crippen LogP contribution is -2.45. The van der Waals surface area contributed by atoms with Crippen molar-refractivity contribution < 1.29 is 37.7 Å². The van der Waals surface area contributed by atoms with Gasteiger partial charge >= 0.3 is 12.1 Å². The molecule has 10 heteroatoms. The van der Waals surface area contributed by atoms with E-state index in [9.17, 15) is 9.59 Å². The molecule has 1 N–H and O–H groups in total. The van der Waals surface area contributed by atoms with Crippen LogP contribution in [0.2, 0.25) is 18.1 Å². The first-order chi connectivity index (χ1) is 15.5. The van der Waals surface area contributed by atoms with Gasteiger partial charge in [-0.15, -0.1) is 0 Å². The highest BCUT2D eigenvalue weighted by Gasteiger charge is 2.40. The van der Waals surface area contributed by atoms with Gasteiger partial charge < -0.3 is 28.1 Å². The van der Waals surface area contributed by atoms with E-state index >= 15 is 0 Å². The van der Waals surface area contributed by atoms with E-state index in [-0.39, 0.29) is 23.4 Å². The summed E-state index contributed by atoms with van der Waals surface area (Å²) in [7, 11) is -0.803. The van der Waals surface area contributed by atoms with E-state index in [1.54, 1.807) is 20.8 Å². The number of methoxy groups -OCH3 is 1. The molecule has 1 amide bonds. The monoisotopic (exact) mass is 503 g/mol. The Labute approximate surface area is 205 Å². The number of esters is 1. The van der Waals surface area contributed by atoms with Crippen molar-refractivity contribution in [1.29, 1.82) is 0 Å². The van der Waals surface area contributed by atoms with Gasteiger partial charge in [0.25, 0.3) is 0 Å². The Balaban J connectivity index is 2.80. The topological polar surface area (TPSA) is 102 Å². The number of carbonyl (C=O) groups is 2. The molecule has 0 unspecified atom stereocenters. The molecule has 0 aromatic heterocycles. The van der Waals surface area contributed by atoms with E-state index in [4.69, 9.17) is 28.1 Å². The molecule has 0 bridgehead atoms. The van der Waals surface area contributed by atoms with Gasteiger partial charge in [-0.1, -0.05) is 20.8 Å². The zero-order valence-electron chi connectivity index (χ0n) is 22.7. The number of hydrogen-bond acceptors (Lipinski definition) is 8. The van der Waals surface area contributed by atoms with Crippen molar-refractivity contribution in [2.75, 3.05) is 33.5 Å². The van der Waals surface area contributed by atoms with Gasteiger partial charge in [0, 0.05) is 6.42 Å². The molecule has 1 saturated heterocycles. The Morgan fingerprint density at radius 1 is 1.12 bits per heavy atom. The van der Waals surface area contributed by atoms with Crippen LogP contribution in [0.15, 0.2) is 11.8 Å². The maximum Gasteiger partial charge on any atom is 0.412 e. The van der Waals surface area contributed by atoms with Gasteiger partial charge in [-0.05, 0) is 58.3 Å². The van der Waals surface area contributed by atoms with Crippen LogP contribution >= 0.6 is 0 Å². The number of nitrogens with one attached hydrogen (secondary N) is 1. The number of rotatable bonds is 11. The number of alkyl carbamates (subject to hydrolysis) is 1. The lowest BCUT2D eigenvalue weighted by molar-refractivity contribution is -0.151. The predicted molar refractivity (Wildman–Crippen MR) is 132 cm³/mol. The quantitative estimate of drug-likeness (QED) is 0.190. The van der Waals surface area contributed by atoms with Crippen LogP contribution in [0.5, 0.6) is 0 Å². The average molecular weight is 504 g/mol. The SMILES string of the molecule is COC(=O)/C(=C\COC[C@H](CCC1(C)OCCO1)O[Si](C)(C)C(C)(C)C)NC(=O)OC(C)(C)C. The highest BCUT2D eigenvalue weighted by Crippen LogP contribution is 2.38. The fourth-order valence-corrected chi connectivity index (χ4v) is 4.32. The summed E-state index contributed by atoms with van der Waals surface area (Å²) in [6, 6.07) is 0. The molecule has 34 heavy (non-hydrogen) atoms. The van der Waals surface area contributed by atoms with Crippen LogP contribution in [0.3, 0.4) is 0 Å². The predicted octanol–water partition coefficient (Wildman–Crippen LogP) is 4.52. The molecule has 1 fully saturated rings. The van der Waals surface area contributed by atoms with Crippen molar-refractivity contribution in [2.45, 2.75) is 96.9 Å². The van der Waals surface area contributed by atoms with E-state index in [0.29, 0.717) is 32.7 Å². The molecule has 1 atom stereocenters. The van der Waals surface area contributed by atoms with Gasteiger partial charge in [-0.2, -0.15) is 0 Å². The lowest BCUT2D eigenvalue weighted by Gasteiger charge is -2.39. The van der Waals surface area contributed by atoms with Crippen molar-refractivity contribution in [3.05, 3.63) is 11.8 Å². The molecule has 0 aromatic carbocycles. The number of carbonyl (C=O) groups excluding carboxylic acids is 2. The zero-order valence-corrected chi connectivity index (χ0v) is 23.7. The van der Waals surface area contributed by atoms with Crippen LogP contribution < -0.4 is 5.32 Å². The summed E-state index contributed by atoms with van der Waals surface area (Å²) in [5.41, 5.74) is -0.738. The number of ether oxygens (including phenoxy) is 5. The Morgan fingerprint density at radius 3 is 2.21 bits per heavy atom. The molecule has 9 nitrogen and oxygen atoms in total. The molecule has 0 saturated carbocycles. The normalized spacial score (nSPS) is 17.9. The molecule has 1 aliphatic heterocycles. The Bertz CT molecular complexity index is 703. The molecule has 0 spiro atoms. The Kier molecular flexibility index (Phi) is 11.2. The molecule has 1 heterocycles. The van der Waals surface area contributed by atoms with Crippen molar-refractivity contribution in [3.63, 3.8) is 0 Å². The fraction of sp³-hybridized carbons (Fsp3) is 0.833. The highest BCUT2D eigenvalue weighted by atomic mass is 28.4. The van der Waals surface area contributed by atoms with Gasteiger partial charge in [0.15, 0.2) is 14.1 Å². The lowest BCUT2D eigenvalue weighted by atomic mass is 10.1. The maximum absolute atomic E-state index is 12.1. The van der Waals surface area contributed by atoms with E-state index in [1.165, 1.54) is 13.2 Å². The van der Waals surface area contributed by atoms with Crippen molar-refractivity contribution in [3.8, 4) is 0 Å². The van der Waals surface area contributed by atoms with Crippen LogP contribution in [0.1, 0.15) is 61.3 Å². The third kappa shape index (κ3) is 10.9. The highest BCUT2D eigenvalue weighted by molar-refractivity contribution is 6.74. The Hall–Kier alpha value is -1.46. The van der Waals surface area contributed by atoms with Gasteiger partial charge in [0.1, 0.15) is 11.3 Å². The second-order valence-electron chi connectivity index (χ2n) is 11.1. The minimum Gasteiger partial charge on any atom is -0.464 e. The third-order valence-electron chi connectivity index (χ3n) is 5.84. The van der Waals surface area contributed by atoms with Gasteiger partial charge in [-0.25, -0.2) is 9.59 Å². The molecule has 1 rings (SSSR count). The van der Waals surface area contributed by atoms with Crippen LogP contribution in [0.4, 0.5) is 4.79 Å². The van der Waals surface area contributed by atoms with Crippen LogP contribution in [0, 0.1) is 0 Å². The summed E-state index contributed by atoms with van der Waals surface area (Å²) in [5, 5.41) is 2.47. The van der Waals surface area contributed by atoms with Crippen molar-refractivity contribution in [2.24, 2.45) is 0 Å². The summed E-state index contributed by atoms with van der Waals surface area (Å²) < 4.78 is 33.9. The molecule has 198 valence electrons. The van der Waals surface area contributed by atoms with Crippen molar-refractivity contribution >= 4 is 20.4 Å². The largest absolute Gasteiger partial charge is 0.464 e. The summed E-state index contributed by atoms with van der Waals surface area (Å²) >= 11 is 0. The standard InChI is InChI=1S/C24H45NO8Si/c1-22(2,3)32-21(27)25-19(20(26)28-8)12-14-29-17-18(33-34(9,10)23(4,5)6)11-13-24(7)30-15-16-31-24/h12,18H,11,13-17H2,1-10H3,(H,25,27)/b19-12+/t18-/m0/s1. The molecular formula is C24H45NO8Si. The molecule has 1 aliphatic rings. The first kappa shape index (κ1) is 30.6. The minimum atomic E-state index is -2.04. The fourth-order valence-electron chi connectivity index (χ4n) is 2.94. The third-order valence-corrected chi connectivity index (χ3v) is 10.4. The van der Waals surface area contributed by atoms with Gasteiger partial charge in [-0.3, -0.25) is 5.32 Å². The van der Waals surface area contributed by atoms with Gasteiger partial charge in [0.2, 0.25) is 0 Å². The van der Waals surface area contributed by atoms with E-state index in [2.05, 4.69) is 39.2 Å². The van der Waals surface area contributed by atoms with Gasteiger partial charge in [0.05, 0.1) is 39.6 Å². The van der Waals surface area contributed by atoms with E-state index < -0.39 is 31.8 Å². The average Bonchev–Trinajstić information content (AvgIpc) is 3.12. The first-order valence-corrected chi connectivity index (χ1v) is 14.7. The maximum atomic E-state index is 12.1. The number of hydrogen-bond donors (Lipinski definition) is 1. The van der Waals surface area contributed by atoms with E-state index in [0.717, 1.165) is 0 Å². The molecule has 0 aliphatic carbocycles. The van der Waals surface area contributed by atoms with Crippen molar-refractivity contribution in [1.82, 2.24) is 5.32 Å². The van der Waals surface area contributed by atoms with E-state index in [1.807, 2.05) is 6.92 Å². The minimum absolute atomic E-state index is 0.0427. The smallest absolute Gasteiger partial charge is 0.412 e. The molecule has 0 aromatic rings. The zero-order chi connectivity index (χ0) is 26.2. The van der Waals surface area contributed by atoms with Crippen LogP contribution in [-0.4, -0.2) is 71.4 Å². The second-order valence-corrected chi connectivity index (χ2v) is 15.9. The molecular weight excluding hydrogens is 458 g/mol. The molecule has 0 radical (unpaired) electrons. The summed E-state index contributed by atoms with van der Waals surface area (Å²) in [6.07, 6.45) is 1.93. The number of amides is 1. The summed E-state index contributed by atoms with van der Waals surface area (Å²) in [4.78, 5) is 24.1. The second kappa shape index (κ2) is 12.5. The van der Waals surface area contributed by atoms with Crippen LogP contribution in [0.25, 0.3) is 0 Å².